The van der Waals surface area contributed by atoms with Gasteiger partial charge in [0.05, 0.1) is 25.5 Å². The first kappa shape index (κ1) is 28.2. The summed E-state index contributed by atoms with van der Waals surface area (Å²) in [6.45, 7) is -0.988. The summed E-state index contributed by atoms with van der Waals surface area (Å²) >= 11 is 0. The quantitative estimate of drug-likeness (QED) is 0.111. The van der Waals surface area contributed by atoms with E-state index < -0.39 is 85.0 Å². The SMILES string of the molecule is NC(=O)CCC(NC(=O)C(N)CC(N)=O)C(=O)NC(CO)C(=O)NC(CC(N)=O)C(=O)O. The average Bonchev–Trinajstić information content (AvgIpc) is 2.66. The third-order valence-electron chi connectivity index (χ3n) is 3.91. The molecule has 0 heterocycles. The number of aliphatic hydroxyl groups excluding tert-OH is 1. The maximum Gasteiger partial charge on any atom is 0.326 e. The molecule has 4 unspecified atom stereocenters. The van der Waals surface area contributed by atoms with E-state index in [0.29, 0.717) is 0 Å². The minimum absolute atomic E-state index is 0.324. The van der Waals surface area contributed by atoms with Crippen LogP contribution in [0.25, 0.3) is 0 Å². The van der Waals surface area contributed by atoms with Crippen LogP contribution in [0.5, 0.6) is 0 Å². The Bertz CT molecular complexity index is 758. The van der Waals surface area contributed by atoms with Gasteiger partial charge in [0.1, 0.15) is 18.1 Å². The average molecular weight is 461 g/mol. The molecule has 0 fully saturated rings. The second-order valence-corrected chi connectivity index (χ2v) is 6.66. The number of carbonyl (C=O) groups is 7. The zero-order valence-electron chi connectivity index (χ0n) is 16.9. The Hall–Kier alpha value is -3.79. The molecule has 0 radical (unpaired) electrons. The fourth-order valence-electron chi connectivity index (χ4n) is 2.28. The number of aliphatic carboxylic acids is 1. The van der Waals surface area contributed by atoms with Crippen molar-refractivity contribution in [1.29, 1.82) is 0 Å². The van der Waals surface area contributed by atoms with Crippen molar-refractivity contribution in [1.82, 2.24) is 16.0 Å². The molecule has 0 bridgehead atoms. The van der Waals surface area contributed by atoms with Gasteiger partial charge in [-0.1, -0.05) is 0 Å². The molecule has 180 valence electrons. The van der Waals surface area contributed by atoms with E-state index >= 15 is 0 Å². The van der Waals surface area contributed by atoms with Gasteiger partial charge in [-0.3, -0.25) is 28.8 Å². The molecule has 0 saturated carbocycles. The smallest absolute Gasteiger partial charge is 0.326 e. The molecule has 0 aliphatic rings. The van der Waals surface area contributed by atoms with Gasteiger partial charge < -0.3 is 49.1 Å². The summed E-state index contributed by atoms with van der Waals surface area (Å²) in [6, 6.07) is -6.28. The van der Waals surface area contributed by atoms with Crippen LogP contribution < -0.4 is 38.9 Å². The van der Waals surface area contributed by atoms with Crippen molar-refractivity contribution in [3.05, 3.63) is 0 Å². The highest BCUT2D eigenvalue weighted by atomic mass is 16.4. The van der Waals surface area contributed by atoms with Gasteiger partial charge in [0.15, 0.2) is 0 Å². The Morgan fingerprint density at radius 1 is 0.688 bits per heavy atom. The minimum Gasteiger partial charge on any atom is -0.480 e. The summed E-state index contributed by atoms with van der Waals surface area (Å²) in [4.78, 5) is 80.8. The molecule has 0 saturated heterocycles. The van der Waals surface area contributed by atoms with Crippen LogP contribution in [0.1, 0.15) is 25.7 Å². The lowest BCUT2D eigenvalue weighted by Gasteiger charge is -2.24. The van der Waals surface area contributed by atoms with Crippen molar-refractivity contribution in [2.24, 2.45) is 22.9 Å². The summed E-state index contributed by atoms with van der Waals surface area (Å²) in [5, 5.41) is 24.6. The van der Waals surface area contributed by atoms with Gasteiger partial charge in [-0.25, -0.2) is 4.79 Å². The Balaban J connectivity index is 5.33. The number of carboxylic acid groups (broad SMARTS) is 1. The van der Waals surface area contributed by atoms with Crippen LogP contribution >= 0.6 is 0 Å². The molecule has 0 aliphatic carbocycles. The molecule has 0 aromatic rings. The Labute approximate surface area is 181 Å². The molecule has 0 aromatic carbocycles. The standard InChI is InChI=1S/C16H27N7O9/c17-6(3-11(19)26)13(28)21-7(1-2-10(18)25)14(29)23-9(5-24)15(30)22-8(16(31)32)4-12(20)27/h6-9,24H,1-5,17H2,(H2,18,25)(H2,19,26)(H2,20,27)(H,21,28)(H,22,30)(H,23,29)(H,31,32). The summed E-state index contributed by atoms with van der Waals surface area (Å²) in [6.07, 6.45) is -1.97. The highest BCUT2D eigenvalue weighted by Crippen LogP contribution is 2.01. The van der Waals surface area contributed by atoms with Crippen molar-refractivity contribution in [3.63, 3.8) is 0 Å². The lowest BCUT2D eigenvalue weighted by Crippen LogP contribution is -2.58. The van der Waals surface area contributed by atoms with E-state index in [1.54, 1.807) is 0 Å². The van der Waals surface area contributed by atoms with Crippen molar-refractivity contribution >= 4 is 41.4 Å². The number of rotatable bonds is 15. The van der Waals surface area contributed by atoms with E-state index in [-0.39, 0.29) is 12.8 Å². The Morgan fingerprint density at radius 2 is 1.16 bits per heavy atom. The number of nitrogens with two attached hydrogens (primary N) is 4. The van der Waals surface area contributed by atoms with Gasteiger partial charge in [-0.05, 0) is 6.42 Å². The molecule has 4 atom stereocenters. The maximum absolute atomic E-state index is 12.5. The molecule has 16 nitrogen and oxygen atoms in total. The Kier molecular flexibility index (Phi) is 11.9. The van der Waals surface area contributed by atoms with Gasteiger partial charge in [-0.15, -0.1) is 0 Å². The van der Waals surface area contributed by atoms with Crippen LogP contribution in [-0.2, 0) is 33.6 Å². The van der Waals surface area contributed by atoms with Gasteiger partial charge in [0.2, 0.25) is 35.4 Å². The topological polar surface area (TPSA) is 300 Å². The molecule has 13 N–H and O–H groups in total. The van der Waals surface area contributed by atoms with E-state index in [1.165, 1.54) is 0 Å². The zero-order chi connectivity index (χ0) is 25.0. The summed E-state index contributed by atoms with van der Waals surface area (Å²) < 4.78 is 0. The number of carbonyl (C=O) groups excluding carboxylic acids is 6. The van der Waals surface area contributed by atoms with Crippen molar-refractivity contribution in [2.75, 3.05) is 6.61 Å². The largest absolute Gasteiger partial charge is 0.480 e. The molecule has 0 spiro atoms. The molecular weight excluding hydrogens is 434 g/mol. The maximum atomic E-state index is 12.5. The molecule has 32 heavy (non-hydrogen) atoms. The van der Waals surface area contributed by atoms with Crippen LogP contribution in [-0.4, -0.2) is 82.4 Å². The van der Waals surface area contributed by atoms with Crippen LogP contribution in [0.4, 0.5) is 0 Å². The number of nitrogens with one attached hydrogen (secondary N) is 3. The van der Waals surface area contributed by atoms with Gasteiger partial charge in [-0.2, -0.15) is 0 Å². The van der Waals surface area contributed by atoms with E-state index in [9.17, 15) is 38.7 Å². The van der Waals surface area contributed by atoms with Gasteiger partial charge >= 0.3 is 5.97 Å². The Morgan fingerprint density at radius 3 is 1.59 bits per heavy atom. The van der Waals surface area contributed by atoms with Gasteiger partial charge in [0, 0.05) is 6.42 Å². The number of amides is 6. The highest BCUT2D eigenvalue weighted by molar-refractivity contribution is 5.95. The first-order valence-electron chi connectivity index (χ1n) is 9.13. The number of hydrogen-bond donors (Lipinski definition) is 9. The second kappa shape index (κ2) is 13.5. The third kappa shape index (κ3) is 10.8. The normalized spacial score (nSPS) is 14.2. The molecule has 0 aromatic heterocycles. The third-order valence-corrected chi connectivity index (χ3v) is 3.91. The molecule has 0 rings (SSSR count). The lowest BCUT2D eigenvalue weighted by molar-refractivity contribution is -0.144. The van der Waals surface area contributed by atoms with Crippen LogP contribution in [0.2, 0.25) is 0 Å². The fraction of sp³-hybridized carbons (Fsp3) is 0.562. The molecule has 16 heteroatoms. The van der Waals surface area contributed by atoms with Crippen molar-refractivity contribution < 1.29 is 43.8 Å². The molecular formula is C16H27N7O9. The number of hydrogen-bond acceptors (Lipinski definition) is 9. The van der Waals surface area contributed by atoms with Crippen LogP contribution in [0.3, 0.4) is 0 Å². The zero-order valence-corrected chi connectivity index (χ0v) is 16.9. The van der Waals surface area contributed by atoms with Crippen molar-refractivity contribution in [2.45, 2.75) is 49.9 Å². The fourth-order valence-corrected chi connectivity index (χ4v) is 2.28. The second-order valence-electron chi connectivity index (χ2n) is 6.66. The first-order valence-corrected chi connectivity index (χ1v) is 9.13. The van der Waals surface area contributed by atoms with Crippen LogP contribution in [0.15, 0.2) is 0 Å². The van der Waals surface area contributed by atoms with Gasteiger partial charge in [0.25, 0.3) is 0 Å². The predicted molar refractivity (Wildman–Crippen MR) is 105 cm³/mol. The summed E-state index contributed by atoms with van der Waals surface area (Å²) in [7, 11) is 0. The highest BCUT2D eigenvalue weighted by Gasteiger charge is 2.30. The minimum atomic E-state index is -1.72. The van der Waals surface area contributed by atoms with E-state index in [4.69, 9.17) is 28.0 Å². The molecule has 0 aliphatic heterocycles. The van der Waals surface area contributed by atoms with Crippen LogP contribution in [0, 0.1) is 0 Å². The summed E-state index contributed by atoms with van der Waals surface area (Å²) in [5.74, 6) is -7.50. The van der Waals surface area contributed by atoms with E-state index in [1.807, 2.05) is 5.32 Å². The monoisotopic (exact) mass is 461 g/mol. The number of primary amides is 3. The lowest BCUT2D eigenvalue weighted by atomic mass is 10.1. The van der Waals surface area contributed by atoms with E-state index in [0.717, 1.165) is 0 Å². The number of aliphatic hydroxyl groups is 1. The predicted octanol–water partition coefficient (Wildman–Crippen LogP) is -6.14. The summed E-state index contributed by atoms with van der Waals surface area (Å²) in [5.41, 5.74) is 20.4. The van der Waals surface area contributed by atoms with Crippen molar-refractivity contribution in [3.8, 4) is 0 Å². The first-order chi connectivity index (χ1) is 14.8. The van der Waals surface area contributed by atoms with E-state index in [2.05, 4.69) is 10.6 Å². The molecule has 6 amide bonds. The number of carboxylic acids is 1.